The van der Waals surface area contributed by atoms with Crippen LogP contribution in [0.5, 0.6) is 5.75 Å². The minimum atomic E-state index is -0.351. The van der Waals surface area contributed by atoms with E-state index in [2.05, 4.69) is 5.32 Å². The molecule has 0 spiro atoms. The summed E-state index contributed by atoms with van der Waals surface area (Å²) in [5.74, 6) is 0.901. The molecule has 0 saturated carbocycles. The topological polar surface area (TPSA) is 38.3 Å². The molecule has 0 heterocycles. The minimum absolute atomic E-state index is 0.135. The maximum atomic E-state index is 13.6. The molecule has 0 aliphatic carbocycles. The number of halogens is 2. The van der Waals surface area contributed by atoms with Crippen LogP contribution in [-0.2, 0) is 10.5 Å². The lowest BCUT2D eigenvalue weighted by Crippen LogP contribution is -2.14. The average Bonchev–Trinajstić information content (AvgIpc) is 2.50. The van der Waals surface area contributed by atoms with Gasteiger partial charge in [-0.2, -0.15) is 0 Å². The summed E-state index contributed by atoms with van der Waals surface area (Å²) in [5, 5.41) is 3.14. The van der Waals surface area contributed by atoms with E-state index in [0.29, 0.717) is 22.0 Å². The van der Waals surface area contributed by atoms with Crippen LogP contribution in [-0.4, -0.2) is 18.8 Å². The van der Waals surface area contributed by atoms with Gasteiger partial charge in [0.2, 0.25) is 5.91 Å². The van der Waals surface area contributed by atoms with Gasteiger partial charge in [-0.1, -0.05) is 17.7 Å². The molecule has 2 aromatic carbocycles. The normalized spacial score (nSPS) is 10.3. The number of thioether (sulfide) groups is 1. The summed E-state index contributed by atoms with van der Waals surface area (Å²) >= 11 is 7.04. The van der Waals surface area contributed by atoms with Crippen LogP contribution in [0.2, 0.25) is 5.02 Å². The Labute approximate surface area is 137 Å². The lowest BCUT2D eigenvalue weighted by atomic mass is 10.2. The highest BCUT2D eigenvalue weighted by Gasteiger charge is 2.06. The molecule has 0 fully saturated rings. The second-order valence-electron chi connectivity index (χ2n) is 4.51. The first-order valence-corrected chi connectivity index (χ1v) is 8.07. The second-order valence-corrected chi connectivity index (χ2v) is 5.93. The number of nitrogens with one attached hydrogen (secondary N) is 1. The molecule has 0 saturated heterocycles. The first kappa shape index (κ1) is 16.6. The van der Waals surface area contributed by atoms with Gasteiger partial charge >= 0.3 is 0 Å². The van der Waals surface area contributed by atoms with E-state index in [1.807, 2.05) is 0 Å². The molecule has 22 heavy (non-hydrogen) atoms. The van der Waals surface area contributed by atoms with Crippen molar-refractivity contribution in [3.8, 4) is 5.75 Å². The molecule has 3 nitrogen and oxygen atoms in total. The van der Waals surface area contributed by atoms with Gasteiger partial charge in [0.25, 0.3) is 0 Å². The van der Waals surface area contributed by atoms with Gasteiger partial charge in [-0.05, 0) is 42.0 Å². The van der Waals surface area contributed by atoms with E-state index >= 15 is 0 Å². The van der Waals surface area contributed by atoms with Gasteiger partial charge in [0.05, 0.1) is 12.9 Å². The summed E-state index contributed by atoms with van der Waals surface area (Å²) in [4.78, 5) is 11.8. The van der Waals surface area contributed by atoms with Crippen LogP contribution in [0.1, 0.15) is 5.56 Å². The fraction of sp³-hybridized carbons (Fsp3) is 0.188. The summed E-state index contributed by atoms with van der Waals surface area (Å²) in [6, 6.07) is 11.6. The molecule has 2 rings (SSSR count). The Morgan fingerprint density at radius 3 is 2.64 bits per heavy atom. The van der Waals surface area contributed by atoms with Crippen LogP contribution in [0.15, 0.2) is 42.5 Å². The number of amides is 1. The number of anilines is 1. The van der Waals surface area contributed by atoms with E-state index in [1.54, 1.807) is 43.5 Å². The number of hydrogen-bond acceptors (Lipinski definition) is 3. The summed E-state index contributed by atoms with van der Waals surface area (Å²) in [7, 11) is 1.58. The molecule has 0 bridgehead atoms. The molecular formula is C16H15ClFNO2S. The third kappa shape index (κ3) is 4.93. The third-order valence-corrected chi connectivity index (χ3v) is 4.10. The average molecular weight is 340 g/mol. The van der Waals surface area contributed by atoms with Gasteiger partial charge in [0, 0.05) is 16.5 Å². The second kappa shape index (κ2) is 8.06. The first-order valence-electron chi connectivity index (χ1n) is 6.54. The maximum absolute atomic E-state index is 13.6. The highest BCUT2D eigenvalue weighted by molar-refractivity contribution is 7.99. The zero-order chi connectivity index (χ0) is 15.9. The number of benzene rings is 2. The monoisotopic (exact) mass is 339 g/mol. The van der Waals surface area contributed by atoms with Gasteiger partial charge < -0.3 is 10.1 Å². The zero-order valence-corrected chi connectivity index (χ0v) is 13.5. The Kier molecular flexibility index (Phi) is 6.10. The van der Waals surface area contributed by atoms with E-state index in [-0.39, 0.29) is 17.5 Å². The van der Waals surface area contributed by atoms with Crippen molar-refractivity contribution in [1.29, 1.82) is 0 Å². The Balaban J connectivity index is 1.79. The molecule has 6 heteroatoms. The van der Waals surface area contributed by atoms with E-state index in [1.165, 1.54) is 17.8 Å². The van der Waals surface area contributed by atoms with Crippen LogP contribution < -0.4 is 10.1 Å². The summed E-state index contributed by atoms with van der Waals surface area (Å²) in [6.07, 6.45) is 0. The van der Waals surface area contributed by atoms with Crippen molar-refractivity contribution < 1.29 is 13.9 Å². The van der Waals surface area contributed by atoms with Crippen LogP contribution in [0.3, 0.4) is 0 Å². The van der Waals surface area contributed by atoms with Gasteiger partial charge in [0.1, 0.15) is 11.6 Å². The number of methoxy groups -OCH3 is 1. The number of carbonyl (C=O) groups excluding carboxylic acids is 1. The lowest BCUT2D eigenvalue weighted by Gasteiger charge is -2.07. The van der Waals surface area contributed by atoms with Crippen LogP contribution >= 0.6 is 23.4 Å². The summed E-state index contributed by atoms with van der Waals surface area (Å²) < 4.78 is 18.6. The Morgan fingerprint density at radius 2 is 2.00 bits per heavy atom. The zero-order valence-electron chi connectivity index (χ0n) is 11.9. The Bertz CT molecular complexity index is 649. The van der Waals surface area contributed by atoms with E-state index in [0.717, 1.165) is 5.75 Å². The molecular weight excluding hydrogens is 325 g/mol. The van der Waals surface area contributed by atoms with Crippen molar-refractivity contribution in [2.75, 3.05) is 18.2 Å². The largest absolute Gasteiger partial charge is 0.497 e. The first-order chi connectivity index (χ1) is 10.6. The highest BCUT2D eigenvalue weighted by Crippen LogP contribution is 2.20. The molecule has 0 aromatic heterocycles. The summed E-state index contributed by atoms with van der Waals surface area (Å²) in [6.45, 7) is 0. The third-order valence-electron chi connectivity index (χ3n) is 2.88. The van der Waals surface area contributed by atoms with Crippen LogP contribution in [0.4, 0.5) is 10.1 Å². The maximum Gasteiger partial charge on any atom is 0.234 e. The molecule has 1 N–H and O–H groups in total. The molecule has 0 radical (unpaired) electrons. The fourth-order valence-electron chi connectivity index (χ4n) is 1.76. The van der Waals surface area contributed by atoms with E-state index in [9.17, 15) is 9.18 Å². The molecule has 116 valence electrons. The molecule has 1 amide bonds. The number of rotatable bonds is 6. The van der Waals surface area contributed by atoms with Crippen LogP contribution in [0.25, 0.3) is 0 Å². The van der Waals surface area contributed by atoms with Gasteiger partial charge in [-0.15, -0.1) is 11.8 Å². The quantitative estimate of drug-likeness (QED) is 0.849. The van der Waals surface area contributed by atoms with Crippen molar-refractivity contribution in [2.45, 2.75) is 5.75 Å². The van der Waals surface area contributed by atoms with Gasteiger partial charge in [-0.25, -0.2) is 4.39 Å². The molecule has 0 aliphatic rings. The van der Waals surface area contributed by atoms with Crippen molar-refractivity contribution in [1.82, 2.24) is 0 Å². The SMILES string of the molecule is COc1ccc(NC(=O)CSCc2ccc(Cl)cc2F)cc1. The Hall–Kier alpha value is -1.72. The summed E-state index contributed by atoms with van der Waals surface area (Å²) in [5.41, 5.74) is 1.23. The van der Waals surface area contributed by atoms with Crippen LogP contribution in [0, 0.1) is 5.82 Å². The van der Waals surface area contributed by atoms with E-state index < -0.39 is 0 Å². The van der Waals surface area contributed by atoms with Crippen molar-refractivity contribution >= 4 is 35.0 Å². The molecule has 0 unspecified atom stereocenters. The Morgan fingerprint density at radius 1 is 1.27 bits per heavy atom. The van der Waals surface area contributed by atoms with Gasteiger partial charge in [0.15, 0.2) is 0 Å². The van der Waals surface area contributed by atoms with Gasteiger partial charge in [-0.3, -0.25) is 4.79 Å². The predicted octanol–water partition coefficient (Wildman–Crippen LogP) is 4.36. The van der Waals surface area contributed by atoms with Crippen molar-refractivity contribution in [3.05, 3.63) is 58.9 Å². The lowest BCUT2D eigenvalue weighted by molar-refractivity contribution is -0.113. The molecule has 0 aliphatic heterocycles. The number of ether oxygens (including phenoxy) is 1. The fourth-order valence-corrected chi connectivity index (χ4v) is 2.74. The predicted molar refractivity (Wildman–Crippen MR) is 89.2 cm³/mol. The van der Waals surface area contributed by atoms with Crippen molar-refractivity contribution in [2.24, 2.45) is 0 Å². The number of hydrogen-bond donors (Lipinski definition) is 1. The molecule has 0 atom stereocenters. The van der Waals surface area contributed by atoms with E-state index in [4.69, 9.17) is 16.3 Å². The number of carbonyl (C=O) groups is 1. The van der Waals surface area contributed by atoms with Crippen molar-refractivity contribution in [3.63, 3.8) is 0 Å². The minimum Gasteiger partial charge on any atom is -0.497 e. The molecule has 2 aromatic rings. The standard InChI is InChI=1S/C16H15ClFNO2S/c1-21-14-6-4-13(5-7-14)19-16(20)10-22-9-11-2-3-12(17)8-15(11)18/h2-8H,9-10H2,1H3,(H,19,20). The highest BCUT2D eigenvalue weighted by atomic mass is 35.5. The smallest absolute Gasteiger partial charge is 0.234 e.